The number of benzene rings is 1. The molecule has 4 rings (SSSR count). The zero-order valence-corrected chi connectivity index (χ0v) is 17.5. The van der Waals surface area contributed by atoms with Crippen LogP contribution in [0.2, 0.25) is 0 Å². The number of nitrogens with zero attached hydrogens (tertiary/aromatic N) is 6. The summed E-state index contributed by atoms with van der Waals surface area (Å²) in [4.78, 5) is 18.0. The number of likely N-dealkylation sites (N-methyl/N-ethyl adjacent to an activating group) is 1. The number of H-pyrrole nitrogens is 1. The van der Waals surface area contributed by atoms with Crippen molar-refractivity contribution < 1.29 is 9.50 Å². The molecule has 4 N–H and O–H groups in total. The van der Waals surface area contributed by atoms with Crippen LogP contribution in [0.1, 0.15) is 24.2 Å². The van der Waals surface area contributed by atoms with E-state index in [0.717, 1.165) is 31.7 Å². The second-order valence-electron chi connectivity index (χ2n) is 7.55. The van der Waals surface area contributed by atoms with E-state index in [1.54, 1.807) is 18.2 Å². The standard InChI is InChI=1S/C20H26FN9O/c1-13(14-3-5-15(21)6-4-14)22-18-24-19(23-17-11-16(12-31)27-28-17)26-20(25-18)30-9-7-29(2)8-10-30/h3-6,11,13,31H,7-10,12H2,1-2H3,(H3,22,23,24,25,26,27,28). The van der Waals surface area contributed by atoms with Crippen molar-refractivity contribution in [3.8, 4) is 0 Å². The highest BCUT2D eigenvalue weighted by atomic mass is 19.1. The van der Waals surface area contributed by atoms with Crippen molar-refractivity contribution >= 4 is 23.7 Å². The van der Waals surface area contributed by atoms with Crippen LogP contribution in [0.3, 0.4) is 0 Å². The van der Waals surface area contributed by atoms with Crippen LogP contribution in [0.25, 0.3) is 0 Å². The van der Waals surface area contributed by atoms with Crippen LogP contribution in [-0.4, -0.2) is 68.4 Å². The first-order valence-corrected chi connectivity index (χ1v) is 10.1. The molecule has 31 heavy (non-hydrogen) atoms. The Morgan fingerprint density at radius 1 is 1.10 bits per heavy atom. The fraction of sp³-hybridized carbons (Fsp3) is 0.400. The monoisotopic (exact) mass is 427 g/mol. The largest absolute Gasteiger partial charge is 0.390 e. The smallest absolute Gasteiger partial charge is 0.235 e. The molecule has 0 bridgehead atoms. The Morgan fingerprint density at radius 2 is 1.81 bits per heavy atom. The topological polar surface area (TPSA) is 118 Å². The lowest BCUT2D eigenvalue weighted by Crippen LogP contribution is -2.45. The molecule has 0 aliphatic carbocycles. The summed E-state index contributed by atoms with van der Waals surface area (Å²) >= 11 is 0. The van der Waals surface area contributed by atoms with Crippen molar-refractivity contribution in [3.63, 3.8) is 0 Å². The van der Waals surface area contributed by atoms with Crippen LogP contribution >= 0.6 is 0 Å². The molecule has 11 heteroatoms. The number of aliphatic hydroxyl groups is 1. The molecule has 0 radical (unpaired) electrons. The normalized spacial score (nSPS) is 15.7. The zero-order valence-electron chi connectivity index (χ0n) is 17.5. The Kier molecular flexibility index (Phi) is 6.23. The molecule has 1 saturated heterocycles. The lowest BCUT2D eigenvalue weighted by atomic mass is 10.1. The van der Waals surface area contributed by atoms with Gasteiger partial charge < -0.3 is 25.5 Å². The molecule has 0 spiro atoms. The molecule has 3 aromatic rings. The molecule has 0 saturated carbocycles. The molecule has 1 atom stereocenters. The molecule has 1 aromatic carbocycles. The maximum atomic E-state index is 13.3. The van der Waals surface area contributed by atoms with E-state index in [4.69, 9.17) is 0 Å². The molecule has 1 fully saturated rings. The summed E-state index contributed by atoms with van der Waals surface area (Å²) in [6.07, 6.45) is 0. The Hall–Kier alpha value is -3.31. The van der Waals surface area contributed by atoms with Gasteiger partial charge in [0.2, 0.25) is 17.8 Å². The maximum Gasteiger partial charge on any atom is 0.235 e. The quantitative estimate of drug-likeness (QED) is 0.448. The van der Waals surface area contributed by atoms with E-state index >= 15 is 0 Å². The van der Waals surface area contributed by atoms with Crippen molar-refractivity contribution in [2.24, 2.45) is 0 Å². The van der Waals surface area contributed by atoms with Gasteiger partial charge in [0.15, 0.2) is 5.82 Å². The van der Waals surface area contributed by atoms with E-state index in [2.05, 4.69) is 52.6 Å². The number of anilines is 4. The molecular weight excluding hydrogens is 401 g/mol. The van der Waals surface area contributed by atoms with Crippen molar-refractivity contribution in [1.29, 1.82) is 0 Å². The van der Waals surface area contributed by atoms with E-state index in [0.29, 0.717) is 29.4 Å². The average molecular weight is 427 g/mol. The summed E-state index contributed by atoms with van der Waals surface area (Å²) in [5.41, 5.74) is 1.50. The van der Waals surface area contributed by atoms with Crippen LogP contribution in [0.4, 0.5) is 28.1 Å². The average Bonchev–Trinajstić information content (AvgIpc) is 3.22. The predicted octanol–water partition coefficient (Wildman–Crippen LogP) is 1.89. The second-order valence-corrected chi connectivity index (χ2v) is 7.55. The third-order valence-corrected chi connectivity index (χ3v) is 5.17. The van der Waals surface area contributed by atoms with Crippen LogP contribution in [-0.2, 0) is 6.61 Å². The number of halogens is 1. The van der Waals surface area contributed by atoms with Gasteiger partial charge in [-0.25, -0.2) is 4.39 Å². The number of piperazine rings is 1. The van der Waals surface area contributed by atoms with Gasteiger partial charge in [-0.2, -0.15) is 20.1 Å². The van der Waals surface area contributed by atoms with Gasteiger partial charge in [-0.05, 0) is 31.7 Å². The van der Waals surface area contributed by atoms with E-state index < -0.39 is 0 Å². The lowest BCUT2D eigenvalue weighted by molar-refractivity contribution is 0.276. The molecule has 10 nitrogen and oxygen atoms in total. The SMILES string of the molecule is CC(Nc1nc(Nc2cc(CO)[nH]n2)nc(N2CCN(C)CC2)n1)c1ccc(F)cc1. The van der Waals surface area contributed by atoms with Gasteiger partial charge in [-0.3, -0.25) is 5.10 Å². The minimum atomic E-state index is -0.277. The summed E-state index contributed by atoms with van der Waals surface area (Å²) in [7, 11) is 2.09. The Bertz CT molecular complexity index is 1000. The van der Waals surface area contributed by atoms with Crippen LogP contribution in [0.5, 0.6) is 0 Å². The Labute approximate surface area is 179 Å². The first-order chi connectivity index (χ1) is 15.0. The van der Waals surface area contributed by atoms with Gasteiger partial charge in [0.1, 0.15) is 5.82 Å². The molecule has 164 valence electrons. The van der Waals surface area contributed by atoms with Gasteiger partial charge in [0.25, 0.3) is 0 Å². The lowest BCUT2D eigenvalue weighted by Gasteiger charge is -2.32. The summed E-state index contributed by atoms with van der Waals surface area (Å²) in [6, 6.07) is 7.87. The molecule has 0 amide bonds. The number of aliphatic hydroxyl groups excluding tert-OH is 1. The third-order valence-electron chi connectivity index (χ3n) is 5.17. The van der Waals surface area contributed by atoms with Gasteiger partial charge >= 0.3 is 0 Å². The summed E-state index contributed by atoms with van der Waals surface area (Å²) in [5.74, 6) is 1.53. The number of aromatic nitrogens is 5. The number of hydrogen-bond acceptors (Lipinski definition) is 9. The van der Waals surface area contributed by atoms with E-state index in [1.165, 1.54) is 12.1 Å². The van der Waals surface area contributed by atoms with Crippen LogP contribution in [0.15, 0.2) is 30.3 Å². The Morgan fingerprint density at radius 3 is 2.48 bits per heavy atom. The zero-order chi connectivity index (χ0) is 21.8. The van der Waals surface area contributed by atoms with Crippen molar-refractivity contribution in [3.05, 3.63) is 47.4 Å². The van der Waals surface area contributed by atoms with Gasteiger partial charge in [-0.15, -0.1) is 0 Å². The second kappa shape index (κ2) is 9.23. The van der Waals surface area contributed by atoms with E-state index in [1.807, 2.05) is 6.92 Å². The highest BCUT2D eigenvalue weighted by Crippen LogP contribution is 2.22. The Balaban J connectivity index is 1.59. The van der Waals surface area contributed by atoms with Gasteiger partial charge in [-0.1, -0.05) is 12.1 Å². The molecule has 2 aromatic heterocycles. The molecule has 1 aliphatic heterocycles. The maximum absolute atomic E-state index is 13.3. The van der Waals surface area contributed by atoms with Gasteiger partial charge in [0, 0.05) is 32.2 Å². The van der Waals surface area contributed by atoms with Crippen molar-refractivity contribution in [1.82, 2.24) is 30.0 Å². The summed E-state index contributed by atoms with van der Waals surface area (Å²) in [6.45, 7) is 5.28. The third kappa shape index (κ3) is 5.25. The highest BCUT2D eigenvalue weighted by Gasteiger charge is 2.19. The van der Waals surface area contributed by atoms with Crippen LogP contribution in [0, 0.1) is 5.82 Å². The molecule has 1 unspecified atom stereocenters. The minimum absolute atomic E-state index is 0.137. The highest BCUT2D eigenvalue weighted by molar-refractivity contribution is 5.53. The summed E-state index contributed by atoms with van der Waals surface area (Å²) in [5, 5.41) is 22.4. The number of nitrogens with one attached hydrogen (secondary N) is 3. The first-order valence-electron chi connectivity index (χ1n) is 10.1. The summed E-state index contributed by atoms with van der Waals surface area (Å²) < 4.78 is 13.3. The molecule has 1 aliphatic rings. The fourth-order valence-corrected chi connectivity index (χ4v) is 3.28. The number of aromatic amines is 1. The number of hydrogen-bond donors (Lipinski definition) is 4. The minimum Gasteiger partial charge on any atom is -0.390 e. The predicted molar refractivity (Wildman–Crippen MR) is 116 cm³/mol. The molecule has 3 heterocycles. The van der Waals surface area contributed by atoms with E-state index in [-0.39, 0.29) is 18.5 Å². The van der Waals surface area contributed by atoms with Gasteiger partial charge in [0.05, 0.1) is 18.3 Å². The van der Waals surface area contributed by atoms with Crippen LogP contribution < -0.4 is 15.5 Å². The van der Waals surface area contributed by atoms with E-state index in [9.17, 15) is 9.50 Å². The fourth-order valence-electron chi connectivity index (χ4n) is 3.28. The first kappa shape index (κ1) is 20.9. The van der Waals surface area contributed by atoms with Crippen molar-refractivity contribution in [2.45, 2.75) is 19.6 Å². The molecular formula is C20H26FN9O. The van der Waals surface area contributed by atoms with Crippen molar-refractivity contribution in [2.75, 3.05) is 48.8 Å². The number of rotatable bonds is 7.